The van der Waals surface area contributed by atoms with Crippen LogP contribution in [-0.2, 0) is 22.6 Å². The predicted octanol–water partition coefficient (Wildman–Crippen LogP) is 2.84. The lowest BCUT2D eigenvalue weighted by Gasteiger charge is -2.11. The second-order valence-electron chi connectivity index (χ2n) is 6.92. The molecule has 0 saturated carbocycles. The molecule has 2 aromatic carbocycles. The van der Waals surface area contributed by atoms with Crippen LogP contribution in [-0.4, -0.2) is 21.4 Å². The zero-order valence-electron chi connectivity index (χ0n) is 15.6. The summed E-state index contributed by atoms with van der Waals surface area (Å²) in [6.07, 6.45) is 3.74. The van der Waals surface area contributed by atoms with Gasteiger partial charge in [0.05, 0.1) is 16.6 Å². The molecule has 0 aliphatic carbocycles. The highest BCUT2D eigenvalue weighted by Gasteiger charge is 2.17. The first-order valence-corrected chi connectivity index (χ1v) is 9.43. The second-order valence-corrected chi connectivity index (χ2v) is 6.92. The highest BCUT2D eigenvalue weighted by molar-refractivity contribution is 6.43. The number of carbonyl (C=O) groups is 2. The average Bonchev–Trinajstić information content (AvgIpc) is 2.96. The van der Waals surface area contributed by atoms with Crippen molar-refractivity contribution in [1.82, 2.24) is 9.55 Å². The molecule has 29 heavy (non-hydrogen) atoms. The van der Waals surface area contributed by atoms with E-state index in [4.69, 9.17) is 0 Å². The lowest BCUT2D eigenvalue weighted by atomic mass is 10.2. The number of para-hydroxylation sites is 1. The van der Waals surface area contributed by atoms with Crippen molar-refractivity contribution in [1.29, 1.82) is 0 Å². The summed E-state index contributed by atoms with van der Waals surface area (Å²) in [5.41, 5.74) is 0.603. The first-order chi connectivity index (χ1) is 14.0. The number of nitrogens with one attached hydrogen (secondary N) is 2. The maximum atomic E-state index is 13.6. The Bertz CT molecular complexity index is 1170. The molecule has 4 rings (SSSR count). The number of hydrogen-bond acceptors (Lipinski definition) is 4. The molecule has 0 spiro atoms. The van der Waals surface area contributed by atoms with E-state index in [2.05, 4.69) is 15.6 Å². The van der Waals surface area contributed by atoms with Gasteiger partial charge in [-0.3, -0.25) is 19.0 Å². The van der Waals surface area contributed by atoms with Crippen LogP contribution in [0.5, 0.6) is 0 Å². The average molecular weight is 394 g/mol. The molecule has 0 fully saturated rings. The number of anilines is 2. The molecule has 8 heteroatoms. The van der Waals surface area contributed by atoms with Crippen LogP contribution >= 0.6 is 0 Å². The minimum Gasteiger partial charge on any atom is -0.318 e. The zero-order chi connectivity index (χ0) is 20.4. The Morgan fingerprint density at radius 3 is 2.62 bits per heavy atom. The number of rotatable bonds is 2. The maximum Gasteiger partial charge on any atom is 0.314 e. The van der Waals surface area contributed by atoms with E-state index in [1.807, 2.05) is 0 Å². The Kier molecular flexibility index (Phi) is 5.07. The highest BCUT2D eigenvalue weighted by atomic mass is 19.1. The number of hydrogen-bond donors (Lipinski definition) is 2. The van der Waals surface area contributed by atoms with Gasteiger partial charge >= 0.3 is 11.8 Å². The van der Waals surface area contributed by atoms with Gasteiger partial charge < -0.3 is 10.6 Å². The molecule has 0 bridgehead atoms. The van der Waals surface area contributed by atoms with Crippen LogP contribution < -0.4 is 16.2 Å². The van der Waals surface area contributed by atoms with Crippen LogP contribution in [0.4, 0.5) is 15.8 Å². The van der Waals surface area contributed by atoms with Gasteiger partial charge in [-0.05, 0) is 43.2 Å². The molecule has 7 nitrogen and oxygen atoms in total. The molecule has 1 aliphatic heterocycles. The van der Waals surface area contributed by atoms with Crippen molar-refractivity contribution in [3.05, 3.63) is 64.5 Å². The monoisotopic (exact) mass is 394 g/mol. The topological polar surface area (TPSA) is 93.1 Å². The summed E-state index contributed by atoms with van der Waals surface area (Å²) in [5, 5.41) is 5.04. The molecule has 0 saturated heterocycles. The van der Waals surface area contributed by atoms with Crippen LogP contribution in [0.2, 0.25) is 0 Å². The third kappa shape index (κ3) is 3.87. The van der Waals surface area contributed by atoms with Crippen molar-refractivity contribution < 1.29 is 14.0 Å². The van der Waals surface area contributed by atoms with E-state index < -0.39 is 17.6 Å². The number of halogens is 1. The molecule has 0 unspecified atom stereocenters. The SMILES string of the molecule is O=C(Nc1ccc2nc3n(c(=O)c2c1)CCCCC3)C(=O)Nc1ccccc1F. The fraction of sp³-hybridized carbons (Fsp3) is 0.238. The maximum absolute atomic E-state index is 13.6. The van der Waals surface area contributed by atoms with E-state index >= 15 is 0 Å². The predicted molar refractivity (Wildman–Crippen MR) is 107 cm³/mol. The summed E-state index contributed by atoms with van der Waals surface area (Å²) in [4.78, 5) is 41.7. The van der Waals surface area contributed by atoms with E-state index in [1.165, 1.54) is 24.3 Å². The molecule has 148 valence electrons. The van der Waals surface area contributed by atoms with Crippen molar-refractivity contribution >= 4 is 34.1 Å². The fourth-order valence-electron chi connectivity index (χ4n) is 3.43. The summed E-state index contributed by atoms with van der Waals surface area (Å²) < 4.78 is 15.3. The van der Waals surface area contributed by atoms with Crippen LogP contribution in [0, 0.1) is 5.82 Å². The number of amides is 2. The Balaban J connectivity index is 1.57. The molecule has 1 aliphatic rings. The summed E-state index contributed by atoms with van der Waals surface area (Å²) in [6.45, 7) is 0.624. The van der Waals surface area contributed by atoms with Gasteiger partial charge in [-0.25, -0.2) is 9.37 Å². The van der Waals surface area contributed by atoms with Gasteiger partial charge in [-0.1, -0.05) is 18.6 Å². The van der Waals surface area contributed by atoms with Crippen LogP contribution in [0.25, 0.3) is 10.9 Å². The molecule has 0 atom stereocenters. The molecule has 2 heterocycles. The fourth-order valence-corrected chi connectivity index (χ4v) is 3.43. The van der Waals surface area contributed by atoms with E-state index in [1.54, 1.807) is 22.8 Å². The van der Waals surface area contributed by atoms with E-state index in [9.17, 15) is 18.8 Å². The Labute approximate surface area is 165 Å². The van der Waals surface area contributed by atoms with Gasteiger partial charge in [0.2, 0.25) is 0 Å². The zero-order valence-corrected chi connectivity index (χ0v) is 15.6. The number of fused-ring (bicyclic) bond motifs is 2. The van der Waals surface area contributed by atoms with Crippen molar-refractivity contribution in [3.8, 4) is 0 Å². The number of aromatic nitrogens is 2. The number of nitrogens with zero attached hydrogens (tertiary/aromatic N) is 2. The normalized spacial score (nSPS) is 13.4. The Hall–Kier alpha value is -3.55. The quantitative estimate of drug-likeness (QED) is 0.654. The number of carbonyl (C=O) groups excluding carboxylic acids is 2. The van der Waals surface area contributed by atoms with Crippen molar-refractivity contribution in [2.24, 2.45) is 0 Å². The van der Waals surface area contributed by atoms with Crippen molar-refractivity contribution in [2.75, 3.05) is 10.6 Å². The molecule has 0 radical (unpaired) electrons. The molecular formula is C21H19FN4O3. The van der Waals surface area contributed by atoms with Gasteiger partial charge in [0, 0.05) is 18.7 Å². The van der Waals surface area contributed by atoms with Gasteiger partial charge in [0.15, 0.2) is 0 Å². The largest absolute Gasteiger partial charge is 0.318 e. The number of benzene rings is 2. The number of aryl methyl sites for hydroxylation is 1. The first-order valence-electron chi connectivity index (χ1n) is 9.43. The van der Waals surface area contributed by atoms with E-state index in [0.717, 1.165) is 31.5 Å². The molecular weight excluding hydrogens is 375 g/mol. The summed E-state index contributed by atoms with van der Waals surface area (Å²) in [6, 6.07) is 10.3. The lowest BCUT2D eigenvalue weighted by molar-refractivity contribution is -0.133. The van der Waals surface area contributed by atoms with Gasteiger partial charge in [-0.15, -0.1) is 0 Å². The van der Waals surface area contributed by atoms with E-state index in [-0.39, 0.29) is 11.2 Å². The van der Waals surface area contributed by atoms with Crippen LogP contribution in [0.3, 0.4) is 0 Å². The van der Waals surface area contributed by atoms with Crippen molar-refractivity contribution in [2.45, 2.75) is 32.2 Å². The van der Waals surface area contributed by atoms with Gasteiger partial charge in [0.25, 0.3) is 5.56 Å². The highest BCUT2D eigenvalue weighted by Crippen LogP contribution is 2.19. The minimum atomic E-state index is -1.01. The molecule has 2 N–H and O–H groups in total. The third-order valence-corrected chi connectivity index (χ3v) is 4.90. The minimum absolute atomic E-state index is 0.0868. The van der Waals surface area contributed by atoms with Crippen molar-refractivity contribution in [3.63, 3.8) is 0 Å². The van der Waals surface area contributed by atoms with Gasteiger partial charge in [0.1, 0.15) is 11.6 Å². The van der Waals surface area contributed by atoms with Crippen LogP contribution in [0.1, 0.15) is 25.1 Å². The summed E-state index contributed by atoms with van der Waals surface area (Å²) in [7, 11) is 0. The standard InChI is InChI=1S/C21H19FN4O3/c22-15-6-3-4-7-17(15)25-20(28)19(27)23-13-9-10-16-14(12-13)21(29)26-11-5-1-2-8-18(26)24-16/h3-4,6-7,9-10,12H,1-2,5,8,11H2,(H,23,27)(H,25,28). The molecule has 3 aromatic rings. The second kappa shape index (κ2) is 7.83. The smallest absolute Gasteiger partial charge is 0.314 e. The third-order valence-electron chi connectivity index (χ3n) is 4.90. The Morgan fingerprint density at radius 1 is 1.00 bits per heavy atom. The lowest BCUT2D eigenvalue weighted by Crippen LogP contribution is -2.29. The summed E-state index contributed by atoms with van der Waals surface area (Å²) in [5.74, 6) is -1.83. The first kappa shape index (κ1) is 18.8. The molecule has 1 aromatic heterocycles. The van der Waals surface area contributed by atoms with Gasteiger partial charge in [-0.2, -0.15) is 0 Å². The molecule has 2 amide bonds. The van der Waals surface area contributed by atoms with Crippen LogP contribution in [0.15, 0.2) is 47.3 Å². The van der Waals surface area contributed by atoms with E-state index in [0.29, 0.717) is 23.1 Å². The Morgan fingerprint density at radius 2 is 1.79 bits per heavy atom. The summed E-state index contributed by atoms with van der Waals surface area (Å²) >= 11 is 0.